The maximum absolute atomic E-state index is 12.5. The number of allylic oxidation sites excluding steroid dienone is 1. The van der Waals surface area contributed by atoms with Crippen molar-refractivity contribution in [3.05, 3.63) is 83.6 Å². The monoisotopic (exact) mass is 480 g/mol. The fourth-order valence-corrected chi connectivity index (χ4v) is 3.27. The van der Waals surface area contributed by atoms with E-state index in [9.17, 15) is 14.4 Å². The number of alkyl carbamates (subject to hydrolysis) is 1. The lowest BCUT2D eigenvalue weighted by Crippen LogP contribution is -2.58. The predicted molar refractivity (Wildman–Crippen MR) is 128 cm³/mol. The zero-order chi connectivity index (χ0) is 25.2. The van der Waals surface area contributed by atoms with E-state index in [4.69, 9.17) is 14.3 Å². The lowest BCUT2D eigenvalue weighted by atomic mass is 10.0. The summed E-state index contributed by atoms with van der Waals surface area (Å²) >= 11 is 0. The first-order chi connectivity index (χ1) is 16.9. The first-order valence-corrected chi connectivity index (χ1v) is 11.0. The van der Waals surface area contributed by atoms with Crippen LogP contribution in [-0.4, -0.2) is 48.5 Å². The van der Waals surface area contributed by atoms with Gasteiger partial charge in [0.1, 0.15) is 19.8 Å². The summed E-state index contributed by atoms with van der Waals surface area (Å²) in [4.78, 5) is 42.8. The molecular weight excluding hydrogens is 452 g/mol. The van der Waals surface area contributed by atoms with E-state index >= 15 is 0 Å². The van der Waals surface area contributed by atoms with Gasteiger partial charge in [0.25, 0.3) is 0 Å². The minimum Gasteiger partial charge on any atom is -0.444 e. The Bertz CT molecular complexity index is 1080. The van der Waals surface area contributed by atoms with Crippen LogP contribution in [0, 0.1) is 0 Å². The van der Waals surface area contributed by atoms with Crippen LogP contribution in [0.4, 0.5) is 9.59 Å². The van der Waals surface area contributed by atoms with Gasteiger partial charge in [0.05, 0.1) is 5.76 Å². The number of ether oxygens (including phenoxy) is 2. The van der Waals surface area contributed by atoms with Crippen molar-refractivity contribution in [3.63, 3.8) is 0 Å². The third kappa shape index (κ3) is 7.32. The number of carbonyl (C=O) groups is 3. The van der Waals surface area contributed by atoms with Gasteiger partial charge in [-0.25, -0.2) is 9.59 Å². The second-order valence-electron chi connectivity index (χ2n) is 7.79. The number of hydrogen-bond acceptors (Lipinski definition) is 7. The van der Waals surface area contributed by atoms with Gasteiger partial charge in [0, 0.05) is 18.7 Å². The number of likely N-dealkylation sites (tertiary alicyclic amines) is 1. The van der Waals surface area contributed by atoms with Gasteiger partial charge in [-0.3, -0.25) is 15.0 Å². The van der Waals surface area contributed by atoms with Crippen molar-refractivity contribution in [1.82, 2.24) is 15.5 Å². The van der Waals surface area contributed by atoms with Crippen LogP contribution in [0.1, 0.15) is 30.0 Å². The zero-order valence-corrected chi connectivity index (χ0v) is 19.7. The lowest BCUT2D eigenvalue weighted by molar-refractivity contribution is -0.129. The van der Waals surface area contributed by atoms with Crippen LogP contribution >= 0.6 is 0 Å². The standard InChI is InChI=1S/C25H28N4O6/c1-17(2)35-25(32)29-14-13-21(29)23(30)26-15-18-9-11-20(12-10-18)22(28-33-3)27-24(31)34-16-19-7-5-4-6-8-19/h4-12,21H,1,13-16H2,2-3H3,(H,26,30)(H,27,28,31)/t21-/m0/s1. The Balaban J connectivity index is 1.51. The van der Waals surface area contributed by atoms with Crippen LogP contribution in [0.15, 0.2) is 72.1 Å². The van der Waals surface area contributed by atoms with Gasteiger partial charge in [-0.1, -0.05) is 66.3 Å². The first-order valence-electron chi connectivity index (χ1n) is 11.0. The van der Waals surface area contributed by atoms with Crippen LogP contribution < -0.4 is 10.6 Å². The summed E-state index contributed by atoms with van der Waals surface area (Å²) in [6.07, 6.45) is -0.678. The average Bonchev–Trinajstić information content (AvgIpc) is 2.81. The van der Waals surface area contributed by atoms with Crippen LogP contribution in [0.2, 0.25) is 0 Å². The highest BCUT2D eigenvalue weighted by Crippen LogP contribution is 2.19. The molecule has 10 nitrogen and oxygen atoms in total. The topological polar surface area (TPSA) is 119 Å². The molecule has 1 heterocycles. The molecule has 2 aromatic carbocycles. The second-order valence-corrected chi connectivity index (χ2v) is 7.79. The summed E-state index contributed by atoms with van der Waals surface area (Å²) in [5.41, 5.74) is 2.27. The Hall–Kier alpha value is -4.34. The Morgan fingerprint density at radius 2 is 1.80 bits per heavy atom. The first kappa shape index (κ1) is 25.3. The molecule has 0 aromatic heterocycles. The van der Waals surface area contributed by atoms with Crippen molar-refractivity contribution >= 4 is 23.9 Å². The van der Waals surface area contributed by atoms with E-state index in [-0.39, 0.29) is 30.7 Å². The number of carbonyl (C=O) groups excluding carboxylic acids is 3. The molecule has 1 saturated heterocycles. The van der Waals surface area contributed by atoms with Crippen molar-refractivity contribution in [1.29, 1.82) is 0 Å². The molecule has 0 unspecified atom stereocenters. The van der Waals surface area contributed by atoms with Crippen molar-refractivity contribution in [2.24, 2.45) is 5.16 Å². The number of rotatable bonds is 8. The van der Waals surface area contributed by atoms with Crippen LogP contribution in [-0.2, 0) is 32.3 Å². The fraction of sp³-hybridized carbons (Fsp3) is 0.280. The lowest BCUT2D eigenvalue weighted by Gasteiger charge is -2.38. The summed E-state index contributed by atoms with van der Waals surface area (Å²) in [6.45, 7) is 5.95. The molecule has 2 N–H and O–H groups in total. The maximum Gasteiger partial charge on any atom is 0.415 e. The molecule has 1 fully saturated rings. The van der Waals surface area contributed by atoms with E-state index < -0.39 is 18.2 Å². The molecule has 184 valence electrons. The molecule has 0 spiro atoms. The van der Waals surface area contributed by atoms with E-state index in [1.807, 2.05) is 30.3 Å². The van der Waals surface area contributed by atoms with E-state index in [1.54, 1.807) is 31.2 Å². The van der Waals surface area contributed by atoms with Crippen molar-refractivity contribution in [3.8, 4) is 0 Å². The quantitative estimate of drug-likeness (QED) is 0.259. The number of hydrogen-bond donors (Lipinski definition) is 2. The molecular formula is C25H28N4O6. The minimum absolute atomic E-state index is 0.120. The number of amidine groups is 1. The van der Waals surface area contributed by atoms with Crippen molar-refractivity contribution < 1.29 is 28.7 Å². The van der Waals surface area contributed by atoms with Crippen LogP contribution in [0.3, 0.4) is 0 Å². The minimum atomic E-state index is -0.670. The Morgan fingerprint density at radius 1 is 1.09 bits per heavy atom. The molecule has 3 amide bonds. The highest BCUT2D eigenvalue weighted by molar-refractivity contribution is 6.06. The summed E-state index contributed by atoms with van der Waals surface area (Å²) in [7, 11) is 1.37. The summed E-state index contributed by atoms with van der Waals surface area (Å²) in [6, 6.07) is 15.8. The fourth-order valence-electron chi connectivity index (χ4n) is 3.27. The van der Waals surface area contributed by atoms with Gasteiger partial charge >= 0.3 is 12.2 Å². The van der Waals surface area contributed by atoms with E-state index in [1.165, 1.54) is 12.0 Å². The largest absolute Gasteiger partial charge is 0.444 e. The highest BCUT2D eigenvalue weighted by Gasteiger charge is 2.38. The number of nitrogens with zero attached hydrogens (tertiary/aromatic N) is 2. The third-order valence-corrected chi connectivity index (χ3v) is 5.13. The Labute approximate surface area is 203 Å². The predicted octanol–water partition coefficient (Wildman–Crippen LogP) is 3.28. The van der Waals surface area contributed by atoms with Gasteiger partial charge in [-0.05, 0) is 24.5 Å². The number of oxime groups is 1. The molecule has 1 aliphatic rings. The molecule has 0 radical (unpaired) electrons. The van der Waals surface area contributed by atoms with Gasteiger partial charge in [0.2, 0.25) is 5.91 Å². The molecule has 1 aliphatic heterocycles. The highest BCUT2D eigenvalue weighted by atomic mass is 16.6. The Morgan fingerprint density at radius 3 is 2.40 bits per heavy atom. The van der Waals surface area contributed by atoms with E-state index in [2.05, 4.69) is 22.4 Å². The SMILES string of the molecule is C=C(C)OC(=O)N1CC[C@H]1C(=O)NCc1ccc(/C(=N\OC)NC(=O)OCc2ccccc2)cc1. The summed E-state index contributed by atoms with van der Waals surface area (Å²) in [5, 5.41) is 9.25. The molecule has 1 atom stereocenters. The van der Waals surface area contributed by atoms with Gasteiger partial charge < -0.3 is 19.6 Å². The molecule has 10 heteroatoms. The van der Waals surface area contributed by atoms with Crippen LogP contribution in [0.5, 0.6) is 0 Å². The zero-order valence-electron chi connectivity index (χ0n) is 19.7. The summed E-state index contributed by atoms with van der Waals surface area (Å²) < 4.78 is 10.2. The molecule has 3 rings (SSSR count). The van der Waals surface area contributed by atoms with Gasteiger partial charge in [-0.2, -0.15) is 0 Å². The Kier molecular flexibility index (Phi) is 8.82. The number of amides is 3. The molecule has 0 bridgehead atoms. The molecule has 0 aliphatic carbocycles. The summed E-state index contributed by atoms with van der Waals surface area (Å²) in [5.74, 6) is 0.196. The number of nitrogens with one attached hydrogen (secondary N) is 2. The smallest absolute Gasteiger partial charge is 0.415 e. The average molecular weight is 481 g/mol. The third-order valence-electron chi connectivity index (χ3n) is 5.13. The number of benzene rings is 2. The maximum atomic E-state index is 12.5. The van der Waals surface area contributed by atoms with Crippen molar-refractivity contribution in [2.45, 2.75) is 32.5 Å². The van der Waals surface area contributed by atoms with E-state index in [0.29, 0.717) is 18.5 Å². The van der Waals surface area contributed by atoms with Gasteiger partial charge in [0.15, 0.2) is 5.84 Å². The van der Waals surface area contributed by atoms with E-state index in [0.717, 1.165) is 11.1 Å². The second kappa shape index (κ2) is 12.2. The van der Waals surface area contributed by atoms with Crippen LogP contribution in [0.25, 0.3) is 0 Å². The molecule has 35 heavy (non-hydrogen) atoms. The molecule has 0 saturated carbocycles. The van der Waals surface area contributed by atoms with Crippen molar-refractivity contribution in [2.75, 3.05) is 13.7 Å². The molecule has 2 aromatic rings. The van der Waals surface area contributed by atoms with Gasteiger partial charge in [-0.15, -0.1) is 0 Å². The normalized spacial score (nSPS) is 14.9.